The first kappa shape index (κ1) is 42.9. The summed E-state index contributed by atoms with van der Waals surface area (Å²) < 4.78 is 20.4. The highest BCUT2D eigenvalue weighted by Crippen LogP contribution is 2.64. The van der Waals surface area contributed by atoms with Gasteiger partial charge in [0.1, 0.15) is 33.5 Å². The van der Waals surface area contributed by atoms with E-state index in [0.717, 1.165) is 83.2 Å². The quantitative estimate of drug-likeness (QED) is 0.176. The van der Waals surface area contributed by atoms with Gasteiger partial charge in [-0.2, -0.15) is 0 Å². The van der Waals surface area contributed by atoms with E-state index in [1.165, 1.54) is 88.7 Å². The van der Waals surface area contributed by atoms with Crippen LogP contribution in [0.2, 0.25) is 0 Å². The number of fused-ring (bicyclic) bond motifs is 22. The van der Waals surface area contributed by atoms with Gasteiger partial charge in [-0.05, 0) is 153 Å². The summed E-state index contributed by atoms with van der Waals surface area (Å²) in [5.41, 5.74) is 28.3. The van der Waals surface area contributed by atoms with E-state index in [9.17, 15) is 0 Å². The summed E-state index contributed by atoms with van der Waals surface area (Å²) in [6.45, 7) is 19.0. The fourth-order valence-electron chi connectivity index (χ4n) is 14.5. The van der Waals surface area contributed by atoms with Gasteiger partial charge in [0.2, 0.25) is 0 Å². The van der Waals surface area contributed by atoms with Gasteiger partial charge in [0, 0.05) is 76.8 Å². The van der Waals surface area contributed by atoms with Crippen LogP contribution in [0.25, 0.3) is 110 Å². The van der Waals surface area contributed by atoms with Crippen LogP contribution in [0.3, 0.4) is 0 Å². The highest BCUT2D eigenvalue weighted by Gasteiger charge is 2.49. The van der Waals surface area contributed by atoms with Crippen molar-refractivity contribution in [3.05, 3.63) is 220 Å². The van der Waals surface area contributed by atoms with Gasteiger partial charge < -0.3 is 18.2 Å². The van der Waals surface area contributed by atoms with Gasteiger partial charge in [-0.25, -0.2) is 0 Å². The predicted molar refractivity (Wildman–Crippen MR) is 311 cm³/mol. The second-order valence-corrected chi connectivity index (χ2v) is 23.3. The normalized spacial score (nSPS) is 15.3. The Kier molecular flexibility index (Phi) is 8.21. The zero-order chi connectivity index (χ0) is 50.6. The van der Waals surface area contributed by atoms with E-state index in [0.29, 0.717) is 0 Å². The molecule has 0 unspecified atom stereocenters. The van der Waals surface area contributed by atoms with E-state index in [2.05, 4.69) is 224 Å². The molecular weight excluding hydrogens is 915 g/mol. The van der Waals surface area contributed by atoms with Crippen molar-refractivity contribution in [1.29, 1.82) is 0 Å². The molecule has 4 nitrogen and oxygen atoms in total. The molecule has 4 heteroatoms. The van der Waals surface area contributed by atoms with Gasteiger partial charge in [0.25, 0.3) is 0 Å². The molecule has 0 saturated heterocycles. The average Bonchev–Trinajstić information content (AvgIpc) is 4.39. The van der Waals surface area contributed by atoms with Gasteiger partial charge in [-0.15, -0.1) is 0 Å². The van der Waals surface area contributed by atoms with Gasteiger partial charge in [0.15, 0.2) is 0 Å². The summed E-state index contributed by atoms with van der Waals surface area (Å²) in [5, 5.41) is 6.91. The Bertz CT molecular complexity index is 4720. The lowest BCUT2D eigenvalue weighted by atomic mass is 9.72. The minimum absolute atomic E-state index is 0.234. The molecule has 10 aromatic carbocycles. The van der Waals surface area contributed by atoms with E-state index in [1.807, 2.05) is 12.1 Å². The molecule has 3 aliphatic rings. The smallest absolute Gasteiger partial charge is 0.144 e. The Morgan fingerprint density at radius 3 is 1.61 bits per heavy atom. The van der Waals surface area contributed by atoms with E-state index in [1.54, 1.807) is 0 Å². The lowest BCUT2D eigenvalue weighted by Gasteiger charge is -2.32. The van der Waals surface area contributed by atoms with Crippen molar-refractivity contribution in [2.24, 2.45) is 0 Å². The maximum atomic E-state index is 7.01. The first-order valence-electron chi connectivity index (χ1n) is 26.5. The fourth-order valence-corrected chi connectivity index (χ4v) is 14.5. The first-order valence-corrected chi connectivity index (χ1v) is 26.5. The number of benzene rings is 10. The van der Waals surface area contributed by atoms with Gasteiger partial charge in [0.05, 0.1) is 0 Å². The number of rotatable bonds is 4. The minimum Gasteiger partial charge on any atom is -0.456 e. The zero-order valence-corrected chi connectivity index (χ0v) is 43.4. The highest BCUT2D eigenvalue weighted by atomic mass is 16.3. The SMILES string of the molecule is Cc1ccc(N(c2ccc3c(c2)C(C)(C)c2cc(-c4ccc5c(c4)oc4ccccc45)c4oc5ccccc5c4c2-3)c2ccc3c(c2)C(C)(C)c2c4c(c5oc6ccccc6c5c2-3)-c2ccccc2C4(C)C)c(C)c1. The number of furan rings is 3. The molecule has 3 heterocycles. The maximum absolute atomic E-state index is 7.01. The summed E-state index contributed by atoms with van der Waals surface area (Å²) >= 11 is 0. The molecule has 3 aliphatic carbocycles. The second-order valence-electron chi connectivity index (χ2n) is 23.3. The van der Waals surface area contributed by atoms with Gasteiger partial charge in [-0.3, -0.25) is 0 Å². The molecular formula is C71H53NO3. The Labute approximate surface area is 435 Å². The van der Waals surface area contributed by atoms with Crippen molar-refractivity contribution in [1.82, 2.24) is 0 Å². The first-order chi connectivity index (χ1) is 36.3. The molecule has 0 radical (unpaired) electrons. The number of nitrogens with zero attached hydrogens (tertiary/aromatic N) is 1. The molecule has 0 aliphatic heterocycles. The fraction of sp³-hybridized carbons (Fsp3) is 0.155. The zero-order valence-electron chi connectivity index (χ0n) is 43.4. The molecule has 0 saturated carbocycles. The highest BCUT2D eigenvalue weighted by molar-refractivity contribution is 6.22. The molecule has 0 amide bonds. The van der Waals surface area contributed by atoms with Crippen LogP contribution in [0.1, 0.15) is 86.1 Å². The lowest BCUT2D eigenvalue weighted by molar-refractivity contribution is 0.600. The molecule has 16 rings (SSSR count). The number of anilines is 3. The van der Waals surface area contributed by atoms with Gasteiger partial charge in [-0.1, -0.05) is 156 Å². The average molecular weight is 968 g/mol. The third kappa shape index (κ3) is 5.46. The van der Waals surface area contributed by atoms with E-state index in [4.69, 9.17) is 13.3 Å². The third-order valence-electron chi connectivity index (χ3n) is 18.0. The predicted octanol–water partition coefficient (Wildman–Crippen LogP) is 20.1. The van der Waals surface area contributed by atoms with Crippen molar-refractivity contribution in [3.8, 4) is 44.5 Å². The Morgan fingerprint density at radius 1 is 0.360 bits per heavy atom. The van der Waals surface area contributed by atoms with Crippen molar-refractivity contribution >= 4 is 82.9 Å². The number of hydrogen-bond acceptors (Lipinski definition) is 4. The molecule has 0 atom stereocenters. The summed E-state index contributed by atoms with van der Waals surface area (Å²) in [4.78, 5) is 2.51. The molecule has 3 aromatic heterocycles. The molecule has 0 fully saturated rings. The molecule has 0 bridgehead atoms. The second kappa shape index (κ2) is 14.4. The van der Waals surface area contributed by atoms with Crippen LogP contribution in [0.5, 0.6) is 0 Å². The van der Waals surface area contributed by atoms with Crippen LogP contribution in [0.4, 0.5) is 17.1 Å². The van der Waals surface area contributed by atoms with Crippen LogP contribution < -0.4 is 4.90 Å². The van der Waals surface area contributed by atoms with Crippen LogP contribution in [0.15, 0.2) is 189 Å². The van der Waals surface area contributed by atoms with Crippen LogP contribution in [-0.2, 0) is 16.2 Å². The van der Waals surface area contributed by atoms with Crippen molar-refractivity contribution in [2.75, 3.05) is 4.90 Å². The lowest BCUT2D eigenvalue weighted by Crippen LogP contribution is -2.24. The number of aryl methyl sites for hydroxylation is 2. The summed E-state index contributed by atoms with van der Waals surface area (Å²) in [6, 6.07) is 64.8. The summed E-state index contributed by atoms with van der Waals surface area (Å²) in [5.74, 6) is 0. The van der Waals surface area contributed by atoms with Crippen LogP contribution in [-0.4, -0.2) is 0 Å². The molecule has 13 aromatic rings. The Morgan fingerprint density at radius 2 is 0.907 bits per heavy atom. The standard InChI is InChI=1S/C71H53NO3/c1-38-25-32-55(39(2)33-38)72(42-28-31-47-53(36-42)71(7,8)65-61(47)63-49-20-12-16-24-58(49)75-68(63)64-45-18-9-13-21-51(45)70(5,6)66(64)65)41-27-30-46-52(35-41)69(3,4)54-37-50(67-62(60(46)54)48-19-11-15-23-57(48)74-67)40-26-29-44-43-17-10-14-22-56(43)73-59(44)34-40/h9-37H,1-8H3. The topological polar surface area (TPSA) is 42.7 Å². The van der Waals surface area contributed by atoms with Gasteiger partial charge >= 0.3 is 0 Å². The third-order valence-corrected chi connectivity index (χ3v) is 18.0. The summed E-state index contributed by atoms with van der Waals surface area (Å²) in [7, 11) is 0. The maximum Gasteiger partial charge on any atom is 0.144 e. The minimum atomic E-state index is -0.357. The molecule has 75 heavy (non-hydrogen) atoms. The van der Waals surface area contributed by atoms with Crippen molar-refractivity contribution in [2.45, 2.75) is 71.6 Å². The molecule has 360 valence electrons. The van der Waals surface area contributed by atoms with E-state index >= 15 is 0 Å². The Hall–Kier alpha value is -8.60. The van der Waals surface area contributed by atoms with E-state index in [-0.39, 0.29) is 16.2 Å². The summed E-state index contributed by atoms with van der Waals surface area (Å²) in [6.07, 6.45) is 0. The molecule has 0 spiro atoms. The monoisotopic (exact) mass is 967 g/mol. The largest absolute Gasteiger partial charge is 0.456 e. The number of para-hydroxylation sites is 3. The van der Waals surface area contributed by atoms with Crippen LogP contribution >= 0.6 is 0 Å². The van der Waals surface area contributed by atoms with Crippen molar-refractivity contribution < 1.29 is 13.3 Å². The Balaban J connectivity index is 0.900. The van der Waals surface area contributed by atoms with E-state index < -0.39 is 0 Å². The van der Waals surface area contributed by atoms with Crippen molar-refractivity contribution in [3.63, 3.8) is 0 Å². The molecule has 0 N–H and O–H groups in total. The number of hydrogen-bond donors (Lipinski definition) is 0. The van der Waals surface area contributed by atoms with Crippen LogP contribution in [0, 0.1) is 13.8 Å².